The maximum atomic E-state index is 10.6. The lowest BCUT2D eigenvalue weighted by Crippen LogP contribution is -2.06. The summed E-state index contributed by atoms with van der Waals surface area (Å²) in [6, 6.07) is 4.61. The van der Waals surface area contributed by atoms with Crippen molar-refractivity contribution < 1.29 is 4.92 Å². The number of nitrogens with one attached hydrogen (secondary N) is 1. The van der Waals surface area contributed by atoms with Gasteiger partial charge in [0.2, 0.25) is 0 Å². The van der Waals surface area contributed by atoms with Crippen LogP contribution in [-0.4, -0.2) is 14.5 Å². The first-order chi connectivity index (χ1) is 8.58. The second kappa shape index (κ2) is 5.18. The van der Waals surface area contributed by atoms with Gasteiger partial charge in [0.05, 0.1) is 11.5 Å². The van der Waals surface area contributed by atoms with Crippen LogP contribution in [0.4, 0.5) is 11.4 Å². The first-order valence-corrected chi connectivity index (χ1v) is 6.01. The van der Waals surface area contributed by atoms with Gasteiger partial charge in [-0.05, 0) is 22.0 Å². The third-order valence-electron chi connectivity index (χ3n) is 2.52. The molecule has 0 atom stereocenters. The monoisotopic (exact) mass is 310 g/mol. The molecule has 0 aliphatic heterocycles. The van der Waals surface area contributed by atoms with E-state index in [1.807, 2.05) is 17.8 Å². The van der Waals surface area contributed by atoms with E-state index in [1.54, 1.807) is 12.3 Å². The molecule has 1 aromatic carbocycles. The number of benzene rings is 1. The van der Waals surface area contributed by atoms with Crippen LogP contribution in [0.3, 0.4) is 0 Å². The number of hydrogen-bond donors (Lipinski definition) is 1. The summed E-state index contributed by atoms with van der Waals surface area (Å²) in [5.41, 5.74) is 0.855. The van der Waals surface area contributed by atoms with Crippen molar-refractivity contribution in [1.29, 1.82) is 0 Å². The predicted octanol–water partition coefficient (Wildman–Crippen LogP) is 2.70. The van der Waals surface area contributed by atoms with Crippen molar-refractivity contribution in [2.45, 2.75) is 6.54 Å². The zero-order valence-corrected chi connectivity index (χ0v) is 11.2. The predicted molar refractivity (Wildman–Crippen MR) is 71.3 cm³/mol. The van der Waals surface area contributed by atoms with Crippen LogP contribution < -0.4 is 5.32 Å². The maximum Gasteiger partial charge on any atom is 0.270 e. The van der Waals surface area contributed by atoms with Gasteiger partial charge in [0.15, 0.2) is 0 Å². The van der Waals surface area contributed by atoms with Crippen molar-refractivity contribution in [1.82, 2.24) is 9.55 Å². The van der Waals surface area contributed by atoms with Crippen LogP contribution in [-0.2, 0) is 13.6 Å². The number of anilines is 1. The van der Waals surface area contributed by atoms with Crippen LogP contribution in [0.5, 0.6) is 0 Å². The van der Waals surface area contributed by atoms with Crippen LogP contribution in [0.2, 0.25) is 0 Å². The molecule has 2 rings (SSSR count). The van der Waals surface area contributed by atoms with Gasteiger partial charge in [-0.25, -0.2) is 4.98 Å². The fourth-order valence-corrected chi connectivity index (χ4v) is 2.01. The number of nitro benzene ring substituents is 1. The van der Waals surface area contributed by atoms with Gasteiger partial charge in [0.1, 0.15) is 5.82 Å². The minimum absolute atomic E-state index is 0.0596. The van der Waals surface area contributed by atoms with Crippen molar-refractivity contribution in [3.05, 3.63) is 51.0 Å². The Labute approximate surface area is 112 Å². The Kier molecular flexibility index (Phi) is 3.61. The molecule has 0 aliphatic carbocycles. The van der Waals surface area contributed by atoms with Gasteiger partial charge in [-0.1, -0.05) is 0 Å². The van der Waals surface area contributed by atoms with Crippen LogP contribution in [0, 0.1) is 10.1 Å². The van der Waals surface area contributed by atoms with E-state index in [0.29, 0.717) is 11.0 Å². The van der Waals surface area contributed by atoms with E-state index in [2.05, 4.69) is 26.2 Å². The van der Waals surface area contributed by atoms with E-state index >= 15 is 0 Å². The van der Waals surface area contributed by atoms with Gasteiger partial charge in [-0.3, -0.25) is 10.1 Å². The summed E-state index contributed by atoms with van der Waals surface area (Å²) in [6.07, 6.45) is 3.59. The van der Waals surface area contributed by atoms with Crippen molar-refractivity contribution in [3.63, 3.8) is 0 Å². The molecule has 0 saturated heterocycles. The molecule has 0 fully saturated rings. The number of non-ortho nitro benzene ring substituents is 1. The molecule has 18 heavy (non-hydrogen) atoms. The standard InChI is InChI=1S/C11H11BrN4O2/c1-15-5-4-13-11(15)7-14-10-3-2-8(16(17)18)6-9(10)12/h2-6,14H,7H2,1H3. The third kappa shape index (κ3) is 2.67. The molecule has 0 aliphatic rings. The molecule has 0 radical (unpaired) electrons. The Bertz CT molecular complexity index is 582. The topological polar surface area (TPSA) is 73.0 Å². The fraction of sp³-hybridized carbons (Fsp3) is 0.182. The smallest absolute Gasteiger partial charge is 0.270 e. The molecule has 7 heteroatoms. The van der Waals surface area contributed by atoms with Crippen molar-refractivity contribution >= 4 is 27.3 Å². The Balaban J connectivity index is 2.11. The summed E-state index contributed by atoms with van der Waals surface area (Å²) in [5, 5.41) is 13.8. The summed E-state index contributed by atoms with van der Waals surface area (Å²) in [5.74, 6) is 0.889. The minimum Gasteiger partial charge on any atom is -0.377 e. The highest BCUT2D eigenvalue weighted by Gasteiger charge is 2.09. The molecule has 0 unspecified atom stereocenters. The van der Waals surface area contributed by atoms with Gasteiger partial charge >= 0.3 is 0 Å². The van der Waals surface area contributed by atoms with Crippen LogP contribution >= 0.6 is 15.9 Å². The molecule has 1 N–H and O–H groups in total. The van der Waals surface area contributed by atoms with Gasteiger partial charge in [-0.2, -0.15) is 0 Å². The second-order valence-electron chi connectivity index (χ2n) is 3.73. The molecule has 0 amide bonds. The Morgan fingerprint density at radius 1 is 1.56 bits per heavy atom. The van der Waals surface area contributed by atoms with E-state index in [1.165, 1.54) is 12.1 Å². The fourth-order valence-electron chi connectivity index (χ4n) is 1.50. The van der Waals surface area contributed by atoms with Crippen molar-refractivity contribution in [2.75, 3.05) is 5.32 Å². The molecule has 6 nitrogen and oxygen atoms in total. The molecular formula is C11H11BrN4O2. The Morgan fingerprint density at radius 2 is 2.33 bits per heavy atom. The summed E-state index contributed by atoms with van der Waals surface area (Å²) in [6.45, 7) is 0.555. The molecule has 0 spiro atoms. The van der Waals surface area contributed by atoms with E-state index < -0.39 is 4.92 Å². The van der Waals surface area contributed by atoms with Gasteiger partial charge < -0.3 is 9.88 Å². The van der Waals surface area contributed by atoms with Crippen molar-refractivity contribution in [2.24, 2.45) is 7.05 Å². The molecule has 1 heterocycles. The summed E-state index contributed by atoms with van der Waals surface area (Å²) >= 11 is 3.30. The third-order valence-corrected chi connectivity index (χ3v) is 3.18. The average Bonchev–Trinajstić information content (AvgIpc) is 2.73. The lowest BCUT2D eigenvalue weighted by molar-refractivity contribution is -0.384. The first-order valence-electron chi connectivity index (χ1n) is 5.22. The van der Waals surface area contributed by atoms with Crippen LogP contribution in [0.15, 0.2) is 35.1 Å². The number of nitrogens with zero attached hydrogens (tertiary/aromatic N) is 3. The number of halogens is 1. The second-order valence-corrected chi connectivity index (χ2v) is 4.58. The number of aryl methyl sites for hydroxylation is 1. The largest absolute Gasteiger partial charge is 0.377 e. The van der Waals surface area contributed by atoms with E-state index in [-0.39, 0.29) is 5.69 Å². The minimum atomic E-state index is -0.423. The highest BCUT2D eigenvalue weighted by Crippen LogP contribution is 2.27. The summed E-state index contributed by atoms with van der Waals surface area (Å²) in [4.78, 5) is 14.4. The SMILES string of the molecule is Cn1ccnc1CNc1ccc([N+](=O)[O-])cc1Br. The Hall–Kier alpha value is -1.89. The van der Waals surface area contributed by atoms with E-state index in [9.17, 15) is 10.1 Å². The molecule has 2 aromatic rings. The molecular weight excluding hydrogens is 300 g/mol. The van der Waals surface area contributed by atoms with Gasteiger partial charge in [0, 0.05) is 41.7 Å². The van der Waals surface area contributed by atoms with Gasteiger partial charge in [0.25, 0.3) is 5.69 Å². The molecule has 0 saturated carbocycles. The average molecular weight is 311 g/mol. The molecule has 94 valence electrons. The number of aromatic nitrogens is 2. The summed E-state index contributed by atoms with van der Waals surface area (Å²) < 4.78 is 2.57. The number of nitro groups is 1. The lowest BCUT2D eigenvalue weighted by Gasteiger charge is -2.08. The number of hydrogen-bond acceptors (Lipinski definition) is 4. The van der Waals surface area contributed by atoms with E-state index in [4.69, 9.17) is 0 Å². The Morgan fingerprint density at radius 3 is 2.89 bits per heavy atom. The van der Waals surface area contributed by atoms with E-state index in [0.717, 1.165) is 11.5 Å². The van der Waals surface area contributed by atoms with Crippen LogP contribution in [0.1, 0.15) is 5.82 Å². The summed E-state index contributed by atoms with van der Waals surface area (Å²) in [7, 11) is 1.91. The lowest BCUT2D eigenvalue weighted by atomic mass is 10.3. The maximum absolute atomic E-state index is 10.6. The first kappa shape index (κ1) is 12.6. The van der Waals surface area contributed by atoms with Gasteiger partial charge in [-0.15, -0.1) is 0 Å². The quantitative estimate of drug-likeness (QED) is 0.696. The number of imidazole rings is 1. The highest BCUT2D eigenvalue weighted by molar-refractivity contribution is 9.10. The normalized spacial score (nSPS) is 10.3. The van der Waals surface area contributed by atoms with Crippen molar-refractivity contribution in [3.8, 4) is 0 Å². The zero-order chi connectivity index (χ0) is 13.1. The molecule has 1 aromatic heterocycles. The number of rotatable bonds is 4. The zero-order valence-electron chi connectivity index (χ0n) is 9.63. The molecule has 0 bridgehead atoms. The highest BCUT2D eigenvalue weighted by atomic mass is 79.9. The van der Waals surface area contributed by atoms with Crippen LogP contribution in [0.25, 0.3) is 0 Å².